The molecule has 1 aromatic carbocycles. The number of anilines is 1. The van der Waals surface area contributed by atoms with Crippen LogP contribution in [-0.4, -0.2) is 46.2 Å². The Hall–Kier alpha value is -2.24. The number of hydrogen-bond acceptors (Lipinski definition) is 3. The number of carboxylic acids is 1. The third kappa shape index (κ3) is 3.88. The highest BCUT2D eigenvalue weighted by atomic mass is 16.4. The van der Waals surface area contributed by atoms with Gasteiger partial charge in [0.1, 0.15) is 12.3 Å². The zero-order valence-corrected chi connectivity index (χ0v) is 12.1. The number of aromatic hydroxyl groups is 1. The van der Waals surface area contributed by atoms with Gasteiger partial charge in [-0.3, -0.25) is 9.69 Å². The van der Waals surface area contributed by atoms with E-state index < -0.39 is 17.5 Å². The van der Waals surface area contributed by atoms with Crippen molar-refractivity contribution in [1.29, 1.82) is 0 Å². The molecule has 0 atom stereocenters. The lowest BCUT2D eigenvalue weighted by Gasteiger charge is -2.37. The Morgan fingerprint density at radius 1 is 1.25 bits per heavy atom. The molecule has 0 saturated heterocycles. The average Bonchev–Trinajstić information content (AvgIpc) is 2.32. The molecule has 0 bridgehead atoms. The summed E-state index contributed by atoms with van der Waals surface area (Å²) in [6, 6.07) is 5.79. The number of carbonyl (C=O) groups excluding carboxylic acids is 1. The Morgan fingerprint density at radius 2 is 1.85 bits per heavy atom. The Morgan fingerprint density at radius 3 is 2.30 bits per heavy atom. The molecule has 0 fully saturated rings. The number of phenolic OH excluding ortho intramolecular Hbond substituents is 1. The molecular formula is C14H20N2O4. The first kappa shape index (κ1) is 15.8. The maximum atomic E-state index is 12.4. The summed E-state index contributed by atoms with van der Waals surface area (Å²) in [7, 11) is 1.54. The van der Waals surface area contributed by atoms with Crippen LogP contribution in [0.1, 0.15) is 20.8 Å². The van der Waals surface area contributed by atoms with Crippen LogP contribution in [0.5, 0.6) is 5.75 Å². The summed E-state index contributed by atoms with van der Waals surface area (Å²) in [5.74, 6) is -1.03. The quantitative estimate of drug-likeness (QED) is 0.888. The molecule has 0 spiro atoms. The number of urea groups is 1. The van der Waals surface area contributed by atoms with Gasteiger partial charge in [-0.05, 0) is 32.9 Å². The van der Waals surface area contributed by atoms with Gasteiger partial charge in [0.15, 0.2) is 0 Å². The summed E-state index contributed by atoms with van der Waals surface area (Å²) in [6.07, 6.45) is 0. The first-order valence-electron chi connectivity index (χ1n) is 6.19. The molecule has 110 valence electrons. The van der Waals surface area contributed by atoms with Crippen LogP contribution in [-0.2, 0) is 4.79 Å². The van der Waals surface area contributed by atoms with Crippen molar-refractivity contribution in [3.63, 3.8) is 0 Å². The van der Waals surface area contributed by atoms with Gasteiger partial charge >= 0.3 is 12.0 Å². The predicted molar refractivity (Wildman–Crippen MR) is 76.0 cm³/mol. The number of hydrogen-bond donors (Lipinski definition) is 2. The zero-order chi connectivity index (χ0) is 15.5. The van der Waals surface area contributed by atoms with Gasteiger partial charge in [0, 0.05) is 24.3 Å². The van der Waals surface area contributed by atoms with Crippen LogP contribution < -0.4 is 4.90 Å². The molecule has 1 rings (SSSR count). The maximum Gasteiger partial charge on any atom is 0.325 e. The van der Waals surface area contributed by atoms with Gasteiger partial charge in [-0.2, -0.15) is 0 Å². The average molecular weight is 280 g/mol. The summed E-state index contributed by atoms with van der Waals surface area (Å²) in [4.78, 5) is 25.9. The van der Waals surface area contributed by atoms with Crippen molar-refractivity contribution >= 4 is 17.7 Å². The van der Waals surface area contributed by atoms with E-state index in [1.165, 1.54) is 29.0 Å². The molecule has 6 heteroatoms. The Bertz CT molecular complexity index is 508. The van der Waals surface area contributed by atoms with E-state index in [4.69, 9.17) is 5.11 Å². The molecular weight excluding hydrogens is 260 g/mol. The fourth-order valence-corrected chi connectivity index (χ4v) is 1.72. The number of rotatable bonds is 3. The first-order valence-corrected chi connectivity index (χ1v) is 6.19. The van der Waals surface area contributed by atoms with Crippen LogP contribution in [0.15, 0.2) is 24.3 Å². The second-order valence-corrected chi connectivity index (χ2v) is 5.51. The first-order chi connectivity index (χ1) is 9.12. The van der Waals surface area contributed by atoms with Crippen LogP contribution in [0.25, 0.3) is 0 Å². The van der Waals surface area contributed by atoms with Gasteiger partial charge in [0.05, 0.1) is 0 Å². The van der Waals surface area contributed by atoms with Crippen molar-refractivity contribution in [2.24, 2.45) is 0 Å². The van der Waals surface area contributed by atoms with E-state index in [9.17, 15) is 14.7 Å². The van der Waals surface area contributed by atoms with E-state index in [0.717, 1.165) is 0 Å². The maximum absolute atomic E-state index is 12.4. The normalized spacial score (nSPS) is 11.0. The second-order valence-electron chi connectivity index (χ2n) is 5.51. The molecule has 0 radical (unpaired) electrons. The zero-order valence-electron chi connectivity index (χ0n) is 12.1. The molecule has 0 aliphatic rings. The van der Waals surface area contributed by atoms with E-state index in [-0.39, 0.29) is 12.3 Å². The van der Waals surface area contributed by atoms with Crippen molar-refractivity contribution in [2.45, 2.75) is 26.3 Å². The van der Waals surface area contributed by atoms with Crippen molar-refractivity contribution in [3.05, 3.63) is 24.3 Å². The van der Waals surface area contributed by atoms with E-state index >= 15 is 0 Å². The minimum Gasteiger partial charge on any atom is -0.508 e. The summed E-state index contributed by atoms with van der Waals surface area (Å²) < 4.78 is 0. The van der Waals surface area contributed by atoms with Gasteiger partial charge in [0.25, 0.3) is 0 Å². The highest BCUT2D eigenvalue weighted by Crippen LogP contribution is 2.22. The summed E-state index contributed by atoms with van der Waals surface area (Å²) in [5.41, 5.74) is -0.129. The standard InChI is InChI=1S/C14H20N2O4/c1-14(2,3)16(9-12(18)19)13(20)15(4)10-6-5-7-11(17)8-10/h5-8,17H,9H2,1-4H3,(H,18,19). The van der Waals surface area contributed by atoms with Gasteiger partial charge < -0.3 is 15.1 Å². The molecule has 1 aromatic rings. The predicted octanol–water partition coefficient (Wildman–Crippen LogP) is 2.13. The van der Waals surface area contributed by atoms with Crippen LogP contribution >= 0.6 is 0 Å². The number of carbonyl (C=O) groups is 2. The monoisotopic (exact) mass is 280 g/mol. The highest BCUT2D eigenvalue weighted by molar-refractivity contribution is 5.93. The topological polar surface area (TPSA) is 81.1 Å². The van der Waals surface area contributed by atoms with E-state index in [1.54, 1.807) is 32.9 Å². The molecule has 20 heavy (non-hydrogen) atoms. The van der Waals surface area contributed by atoms with Crippen molar-refractivity contribution in [3.8, 4) is 5.75 Å². The number of nitrogens with zero attached hydrogens (tertiary/aromatic N) is 2. The number of aliphatic carboxylic acids is 1. The highest BCUT2D eigenvalue weighted by Gasteiger charge is 2.31. The Balaban J connectivity index is 3.03. The van der Waals surface area contributed by atoms with Gasteiger partial charge in [-0.15, -0.1) is 0 Å². The lowest BCUT2D eigenvalue weighted by Crippen LogP contribution is -2.53. The molecule has 0 saturated carbocycles. The van der Waals surface area contributed by atoms with Gasteiger partial charge in [0.2, 0.25) is 0 Å². The molecule has 2 amide bonds. The minimum atomic E-state index is -1.07. The van der Waals surface area contributed by atoms with Gasteiger partial charge in [-0.1, -0.05) is 6.07 Å². The van der Waals surface area contributed by atoms with Crippen molar-refractivity contribution in [1.82, 2.24) is 4.90 Å². The Labute approximate surface area is 118 Å². The fraction of sp³-hybridized carbons (Fsp3) is 0.429. The molecule has 0 heterocycles. The SMILES string of the molecule is CN(C(=O)N(CC(=O)O)C(C)(C)C)c1cccc(O)c1. The summed E-state index contributed by atoms with van der Waals surface area (Å²) in [6.45, 7) is 4.92. The molecule has 2 N–H and O–H groups in total. The van der Waals surface area contributed by atoms with E-state index in [0.29, 0.717) is 5.69 Å². The molecule has 0 aromatic heterocycles. The molecule has 0 unspecified atom stereocenters. The lowest BCUT2D eigenvalue weighted by molar-refractivity contribution is -0.138. The Kier molecular flexibility index (Phi) is 4.60. The van der Waals surface area contributed by atoms with Crippen LogP contribution in [0.2, 0.25) is 0 Å². The molecule has 0 aliphatic heterocycles. The van der Waals surface area contributed by atoms with Crippen LogP contribution in [0.3, 0.4) is 0 Å². The number of carboxylic acid groups (broad SMARTS) is 1. The van der Waals surface area contributed by atoms with E-state index in [1.807, 2.05) is 0 Å². The van der Waals surface area contributed by atoms with Crippen LogP contribution in [0, 0.1) is 0 Å². The number of amides is 2. The fourth-order valence-electron chi connectivity index (χ4n) is 1.72. The van der Waals surface area contributed by atoms with E-state index in [2.05, 4.69) is 0 Å². The lowest BCUT2D eigenvalue weighted by atomic mass is 10.1. The number of benzene rings is 1. The van der Waals surface area contributed by atoms with Gasteiger partial charge in [-0.25, -0.2) is 4.79 Å². The minimum absolute atomic E-state index is 0.0442. The van der Waals surface area contributed by atoms with Crippen molar-refractivity contribution in [2.75, 3.05) is 18.5 Å². The van der Waals surface area contributed by atoms with Crippen molar-refractivity contribution < 1.29 is 19.8 Å². The summed E-state index contributed by atoms with van der Waals surface area (Å²) >= 11 is 0. The third-order valence-electron chi connectivity index (χ3n) is 2.84. The third-order valence-corrected chi connectivity index (χ3v) is 2.84. The largest absolute Gasteiger partial charge is 0.508 e. The smallest absolute Gasteiger partial charge is 0.325 e. The number of phenols is 1. The second kappa shape index (κ2) is 5.81. The summed E-state index contributed by atoms with van der Waals surface area (Å²) in [5, 5.41) is 18.4. The molecule has 0 aliphatic carbocycles. The molecule has 6 nitrogen and oxygen atoms in total. The van der Waals surface area contributed by atoms with Crippen LogP contribution in [0.4, 0.5) is 10.5 Å².